The quantitative estimate of drug-likeness (QED) is 0.787. The van der Waals surface area contributed by atoms with E-state index in [1.54, 1.807) is 4.90 Å². The fourth-order valence-corrected chi connectivity index (χ4v) is 2.60. The molecule has 1 saturated heterocycles. The molecule has 0 aromatic carbocycles. The molecule has 5 nitrogen and oxygen atoms in total. The number of piperidine rings is 1. The van der Waals surface area contributed by atoms with Gasteiger partial charge in [0.15, 0.2) is 0 Å². The standard InChI is InChI=1S/C17H32N2O3/c1-12(2)10-13(19-9-7-6-8-15(19)21)16(22)18-11-14(20)17(3,4)5/h12-14,20H,6-11H2,1-5H3,(H,18,22). The van der Waals surface area contributed by atoms with Gasteiger partial charge in [0.2, 0.25) is 11.8 Å². The Morgan fingerprint density at radius 2 is 1.95 bits per heavy atom. The van der Waals surface area contributed by atoms with E-state index >= 15 is 0 Å². The Kier molecular flexibility index (Phi) is 6.85. The van der Waals surface area contributed by atoms with Crippen LogP contribution >= 0.6 is 0 Å². The van der Waals surface area contributed by atoms with Gasteiger partial charge >= 0.3 is 0 Å². The van der Waals surface area contributed by atoms with Gasteiger partial charge in [0.25, 0.3) is 0 Å². The molecule has 1 aliphatic rings. The number of carbonyl (C=O) groups is 2. The zero-order valence-electron chi connectivity index (χ0n) is 14.7. The number of aliphatic hydroxyl groups excluding tert-OH is 1. The summed E-state index contributed by atoms with van der Waals surface area (Å²) in [7, 11) is 0. The number of carbonyl (C=O) groups excluding carboxylic acids is 2. The van der Waals surface area contributed by atoms with Crippen LogP contribution in [0.5, 0.6) is 0 Å². The molecular weight excluding hydrogens is 280 g/mol. The maximum atomic E-state index is 12.5. The van der Waals surface area contributed by atoms with Crippen molar-refractivity contribution >= 4 is 11.8 Å². The van der Waals surface area contributed by atoms with Gasteiger partial charge in [0.05, 0.1) is 6.10 Å². The van der Waals surface area contributed by atoms with E-state index in [-0.39, 0.29) is 23.8 Å². The number of amides is 2. The van der Waals surface area contributed by atoms with Crippen LogP contribution < -0.4 is 5.32 Å². The predicted octanol–water partition coefficient (Wildman–Crippen LogP) is 1.94. The Labute approximate surface area is 134 Å². The summed E-state index contributed by atoms with van der Waals surface area (Å²) in [5, 5.41) is 12.9. The first-order valence-electron chi connectivity index (χ1n) is 8.38. The molecule has 2 unspecified atom stereocenters. The minimum Gasteiger partial charge on any atom is -0.391 e. The Balaban J connectivity index is 2.70. The minimum absolute atomic E-state index is 0.0726. The normalized spacial score (nSPS) is 19.2. The summed E-state index contributed by atoms with van der Waals surface area (Å²) in [4.78, 5) is 26.4. The van der Waals surface area contributed by atoms with E-state index in [1.807, 2.05) is 20.8 Å². The molecule has 1 rings (SSSR count). The van der Waals surface area contributed by atoms with Crippen molar-refractivity contribution in [1.29, 1.82) is 0 Å². The lowest BCUT2D eigenvalue weighted by Crippen LogP contribution is -2.53. The maximum Gasteiger partial charge on any atom is 0.242 e. The summed E-state index contributed by atoms with van der Waals surface area (Å²) in [6.07, 6.45) is 2.45. The van der Waals surface area contributed by atoms with Gasteiger partial charge in [0.1, 0.15) is 6.04 Å². The Morgan fingerprint density at radius 3 is 2.45 bits per heavy atom. The van der Waals surface area contributed by atoms with Crippen LogP contribution in [0.4, 0.5) is 0 Å². The highest BCUT2D eigenvalue weighted by Crippen LogP contribution is 2.20. The lowest BCUT2D eigenvalue weighted by atomic mass is 9.89. The molecule has 0 aromatic rings. The van der Waals surface area contributed by atoms with Crippen LogP contribution in [0.15, 0.2) is 0 Å². The number of hydrogen-bond acceptors (Lipinski definition) is 3. The summed E-state index contributed by atoms with van der Waals surface area (Å²) >= 11 is 0. The molecule has 22 heavy (non-hydrogen) atoms. The molecule has 1 heterocycles. The fraction of sp³-hybridized carbons (Fsp3) is 0.882. The van der Waals surface area contributed by atoms with Crippen molar-refractivity contribution in [3.05, 3.63) is 0 Å². The highest BCUT2D eigenvalue weighted by Gasteiger charge is 2.32. The van der Waals surface area contributed by atoms with Crippen molar-refractivity contribution in [3.63, 3.8) is 0 Å². The van der Waals surface area contributed by atoms with Gasteiger partial charge in [-0.1, -0.05) is 34.6 Å². The van der Waals surface area contributed by atoms with Crippen LogP contribution in [0.25, 0.3) is 0 Å². The monoisotopic (exact) mass is 312 g/mol. The van der Waals surface area contributed by atoms with E-state index in [0.29, 0.717) is 25.3 Å². The third-order valence-corrected chi connectivity index (χ3v) is 4.20. The first-order chi connectivity index (χ1) is 10.1. The third kappa shape index (κ3) is 5.59. The van der Waals surface area contributed by atoms with Crippen LogP contribution in [0.2, 0.25) is 0 Å². The lowest BCUT2D eigenvalue weighted by molar-refractivity contribution is -0.143. The van der Waals surface area contributed by atoms with E-state index in [0.717, 1.165) is 12.8 Å². The highest BCUT2D eigenvalue weighted by molar-refractivity contribution is 5.88. The van der Waals surface area contributed by atoms with E-state index in [9.17, 15) is 14.7 Å². The second kappa shape index (κ2) is 7.95. The molecule has 1 aliphatic heterocycles. The van der Waals surface area contributed by atoms with Crippen molar-refractivity contribution in [2.75, 3.05) is 13.1 Å². The number of hydrogen-bond donors (Lipinski definition) is 2. The first kappa shape index (κ1) is 18.9. The molecule has 2 atom stereocenters. The number of aliphatic hydroxyl groups is 1. The fourth-order valence-electron chi connectivity index (χ4n) is 2.60. The zero-order valence-corrected chi connectivity index (χ0v) is 14.7. The van der Waals surface area contributed by atoms with E-state index < -0.39 is 12.1 Å². The molecule has 5 heteroatoms. The molecule has 0 aliphatic carbocycles. The molecule has 0 bridgehead atoms. The van der Waals surface area contributed by atoms with Crippen molar-refractivity contribution < 1.29 is 14.7 Å². The van der Waals surface area contributed by atoms with Gasteiger partial charge in [-0.15, -0.1) is 0 Å². The summed E-state index contributed by atoms with van der Waals surface area (Å²) < 4.78 is 0. The molecule has 0 radical (unpaired) electrons. The Hall–Kier alpha value is -1.10. The predicted molar refractivity (Wildman–Crippen MR) is 87.3 cm³/mol. The van der Waals surface area contributed by atoms with Crippen LogP contribution in [0, 0.1) is 11.3 Å². The summed E-state index contributed by atoms with van der Waals surface area (Å²) in [6.45, 7) is 10.8. The number of likely N-dealkylation sites (tertiary alicyclic amines) is 1. The van der Waals surface area contributed by atoms with Gasteiger partial charge in [-0.3, -0.25) is 9.59 Å². The molecule has 2 amide bonds. The number of nitrogens with zero attached hydrogens (tertiary/aromatic N) is 1. The average molecular weight is 312 g/mol. The van der Waals surface area contributed by atoms with E-state index in [4.69, 9.17) is 0 Å². The van der Waals surface area contributed by atoms with Gasteiger partial charge in [0, 0.05) is 19.5 Å². The SMILES string of the molecule is CC(C)CC(C(=O)NCC(O)C(C)(C)C)N1CCCCC1=O. The lowest BCUT2D eigenvalue weighted by Gasteiger charge is -2.35. The number of rotatable bonds is 6. The zero-order chi connectivity index (χ0) is 16.9. The topological polar surface area (TPSA) is 69.6 Å². The second-order valence-corrected chi connectivity index (χ2v) is 7.82. The largest absolute Gasteiger partial charge is 0.391 e. The van der Waals surface area contributed by atoms with Crippen LogP contribution in [-0.4, -0.2) is 47.1 Å². The number of nitrogens with one attached hydrogen (secondary N) is 1. The van der Waals surface area contributed by atoms with Gasteiger partial charge in [-0.2, -0.15) is 0 Å². The Bertz CT molecular complexity index is 388. The van der Waals surface area contributed by atoms with Crippen molar-refractivity contribution in [2.24, 2.45) is 11.3 Å². The summed E-state index contributed by atoms with van der Waals surface area (Å²) in [5.74, 6) is 0.258. The second-order valence-electron chi connectivity index (χ2n) is 7.82. The van der Waals surface area contributed by atoms with Crippen LogP contribution in [-0.2, 0) is 9.59 Å². The van der Waals surface area contributed by atoms with E-state index in [2.05, 4.69) is 19.2 Å². The molecule has 0 saturated carbocycles. The van der Waals surface area contributed by atoms with Crippen LogP contribution in [0.3, 0.4) is 0 Å². The molecular formula is C17H32N2O3. The summed E-state index contributed by atoms with van der Waals surface area (Å²) in [5.41, 5.74) is -0.276. The molecule has 2 N–H and O–H groups in total. The molecule has 0 spiro atoms. The third-order valence-electron chi connectivity index (χ3n) is 4.20. The average Bonchev–Trinajstić information content (AvgIpc) is 2.41. The van der Waals surface area contributed by atoms with E-state index in [1.165, 1.54) is 0 Å². The van der Waals surface area contributed by atoms with Crippen molar-refractivity contribution in [3.8, 4) is 0 Å². The Morgan fingerprint density at radius 1 is 1.32 bits per heavy atom. The van der Waals surface area contributed by atoms with Gasteiger partial charge < -0.3 is 15.3 Å². The smallest absolute Gasteiger partial charge is 0.242 e. The highest BCUT2D eigenvalue weighted by atomic mass is 16.3. The molecule has 128 valence electrons. The maximum absolute atomic E-state index is 12.5. The van der Waals surface area contributed by atoms with Crippen LogP contribution in [0.1, 0.15) is 60.3 Å². The van der Waals surface area contributed by atoms with Crippen molar-refractivity contribution in [1.82, 2.24) is 10.2 Å². The minimum atomic E-state index is -0.604. The van der Waals surface area contributed by atoms with Crippen molar-refractivity contribution in [2.45, 2.75) is 72.4 Å². The molecule has 1 fully saturated rings. The van der Waals surface area contributed by atoms with Gasteiger partial charge in [-0.05, 0) is 30.6 Å². The summed E-state index contributed by atoms with van der Waals surface area (Å²) in [6, 6.07) is -0.417. The van der Waals surface area contributed by atoms with Gasteiger partial charge in [-0.25, -0.2) is 0 Å². The molecule has 0 aromatic heterocycles. The first-order valence-corrected chi connectivity index (χ1v) is 8.38.